The maximum absolute atomic E-state index is 10.3. The van der Waals surface area contributed by atoms with E-state index in [9.17, 15) is 19.2 Å². The van der Waals surface area contributed by atoms with Crippen molar-refractivity contribution in [1.82, 2.24) is 10.6 Å². The lowest BCUT2D eigenvalue weighted by Crippen LogP contribution is -2.56. The van der Waals surface area contributed by atoms with E-state index in [0.29, 0.717) is 0 Å². The molecule has 57 valence electrons. The fourth-order valence-corrected chi connectivity index (χ4v) is 0.454. The number of urea groups is 1. The highest BCUT2D eigenvalue weighted by atomic mass is 16.2. The van der Waals surface area contributed by atoms with Gasteiger partial charge in [-0.1, -0.05) is 0 Å². The Labute approximate surface area is 61.9 Å². The molecule has 6 heteroatoms. The molecule has 0 aromatic heterocycles. The minimum Gasteiger partial charge on any atom is -0.277 e. The van der Waals surface area contributed by atoms with Gasteiger partial charge in [0, 0.05) is 0 Å². The number of imide groups is 2. The number of ketones is 1. The molecule has 0 saturated carbocycles. The van der Waals surface area contributed by atoms with Crippen molar-refractivity contribution in [2.75, 3.05) is 0 Å². The van der Waals surface area contributed by atoms with Gasteiger partial charge in [-0.05, 0) is 7.43 Å². The van der Waals surface area contributed by atoms with Crippen LogP contribution < -0.4 is 10.6 Å². The third-order valence-electron chi connectivity index (χ3n) is 0.867. The van der Waals surface area contributed by atoms with E-state index in [1.807, 2.05) is 0 Å². The number of Topliss-reactive ketones (excluding diaryl/α,β-unsaturated/α-hetero) is 1. The minimum absolute atomic E-state index is 0. The zero-order valence-corrected chi connectivity index (χ0v) is 5.21. The van der Waals surface area contributed by atoms with Crippen LogP contribution in [-0.4, -0.2) is 23.6 Å². The molecule has 0 bridgehead atoms. The number of nitrogens with one attached hydrogen (secondary N) is 2. The molecule has 11 heavy (non-hydrogen) atoms. The van der Waals surface area contributed by atoms with E-state index in [1.165, 1.54) is 0 Å². The number of carbonyl (C=O) groups excluding carboxylic acids is 4. The van der Waals surface area contributed by atoms with Crippen LogP contribution in [0.5, 0.6) is 0 Å². The largest absolute Gasteiger partial charge is 0.328 e. The van der Waals surface area contributed by atoms with Crippen LogP contribution in [0, 0.1) is 7.43 Å². The zero-order valence-electron chi connectivity index (χ0n) is 5.21. The first-order valence-corrected chi connectivity index (χ1v) is 2.32. The van der Waals surface area contributed by atoms with E-state index < -0.39 is 23.6 Å². The molecule has 0 spiro atoms. The molecule has 6 nitrogen and oxygen atoms in total. The monoisotopic (exact) mass is 155 g/mol. The molecule has 4 amide bonds. The molecule has 0 atom stereocenters. The van der Waals surface area contributed by atoms with Crippen molar-refractivity contribution in [2.24, 2.45) is 0 Å². The van der Waals surface area contributed by atoms with Gasteiger partial charge in [0.1, 0.15) is 0 Å². The predicted octanol–water partition coefficient (Wildman–Crippen LogP) is -1.87. The molecular weight excluding hydrogens is 152 g/mol. The second-order valence-electron chi connectivity index (χ2n) is 1.57. The van der Waals surface area contributed by atoms with Gasteiger partial charge in [-0.2, -0.15) is 0 Å². The van der Waals surface area contributed by atoms with Gasteiger partial charge in [0.05, 0.1) is 0 Å². The third-order valence-corrected chi connectivity index (χ3v) is 0.867. The summed E-state index contributed by atoms with van der Waals surface area (Å²) in [5.41, 5.74) is 0. The Balaban J connectivity index is 0.000001000. The van der Waals surface area contributed by atoms with Crippen LogP contribution >= 0.6 is 0 Å². The second kappa shape index (κ2) is 2.91. The Morgan fingerprint density at radius 2 is 1.18 bits per heavy atom. The van der Waals surface area contributed by atoms with Gasteiger partial charge < -0.3 is 0 Å². The number of hydrogen-bond donors (Lipinski definition) is 2. The number of carbonyl (C=O) groups is 4. The minimum atomic E-state index is -1.25. The number of rotatable bonds is 0. The second-order valence-corrected chi connectivity index (χ2v) is 1.57. The van der Waals surface area contributed by atoms with Crippen LogP contribution in [-0.2, 0) is 14.4 Å². The first kappa shape index (κ1) is 9.28. The van der Waals surface area contributed by atoms with Crippen molar-refractivity contribution in [3.05, 3.63) is 7.43 Å². The van der Waals surface area contributed by atoms with Crippen LogP contribution in [0.1, 0.15) is 0 Å². The van der Waals surface area contributed by atoms with Crippen LogP contribution in [0.2, 0.25) is 0 Å². The van der Waals surface area contributed by atoms with Crippen LogP contribution in [0.3, 0.4) is 0 Å². The van der Waals surface area contributed by atoms with Crippen molar-refractivity contribution in [1.29, 1.82) is 0 Å². The quantitative estimate of drug-likeness (QED) is 0.400. The molecule has 1 aliphatic heterocycles. The Morgan fingerprint density at radius 3 is 1.55 bits per heavy atom. The zero-order chi connectivity index (χ0) is 7.72. The van der Waals surface area contributed by atoms with Gasteiger partial charge in [0.25, 0.3) is 0 Å². The summed E-state index contributed by atoms with van der Waals surface area (Å²) in [6.07, 6.45) is 0. The van der Waals surface area contributed by atoms with Crippen molar-refractivity contribution in [3.8, 4) is 0 Å². The van der Waals surface area contributed by atoms with Crippen molar-refractivity contribution >= 4 is 23.6 Å². The molecule has 0 aliphatic carbocycles. The predicted molar refractivity (Wildman–Crippen MR) is 31.0 cm³/mol. The van der Waals surface area contributed by atoms with Gasteiger partial charge in [0.2, 0.25) is 0 Å². The molecule has 1 rings (SSSR count). The van der Waals surface area contributed by atoms with Gasteiger partial charge >= 0.3 is 23.6 Å². The molecule has 0 aromatic carbocycles. The van der Waals surface area contributed by atoms with E-state index in [1.54, 1.807) is 10.6 Å². The summed E-state index contributed by atoms with van der Waals surface area (Å²) in [6, 6.07) is -0.963. The Kier molecular flexibility index (Phi) is 2.46. The molecule has 2 N–H and O–H groups in total. The SMILES string of the molecule is O=C1NC(=O)C(=O)C(=O)N1.[CH]. The lowest BCUT2D eigenvalue weighted by atomic mass is 10.3. The molecule has 1 heterocycles. The van der Waals surface area contributed by atoms with Crippen molar-refractivity contribution in [2.45, 2.75) is 0 Å². The van der Waals surface area contributed by atoms with Gasteiger partial charge in [-0.15, -0.1) is 0 Å². The summed E-state index contributed by atoms with van der Waals surface area (Å²) in [4.78, 5) is 41.1. The van der Waals surface area contributed by atoms with Crippen LogP contribution in [0.25, 0.3) is 0 Å². The summed E-state index contributed by atoms with van der Waals surface area (Å²) < 4.78 is 0. The fraction of sp³-hybridized carbons (Fsp3) is 0. The van der Waals surface area contributed by atoms with E-state index in [2.05, 4.69) is 0 Å². The highest BCUT2D eigenvalue weighted by Gasteiger charge is 2.31. The fourth-order valence-electron chi connectivity index (χ4n) is 0.454. The number of amides is 4. The number of hydrogen-bond acceptors (Lipinski definition) is 4. The average molecular weight is 155 g/mol. The van der Waals surface area contributed by atoms with Gasteiger partial charge in [0.15, 0.2) is 0 Å². The van der Waals surface area contributed by atoms with Gasteiger partial charge in [-0.25, -0.2) is 4.79 Å². The standard InChI is InChI=1S/C4H2N2O4.CH/c7-1-2(8)5-4(10)6-3(1)9;/h(H2,5,6,8,9,10);1H. The molecule has 1 aliphatic rings. The third kappa shape index (κ3) is 1.60. The highest BCUT2D eigenvalue weighted by Crippen LogP contribution is 1.81. The van der Waals surface area contributed by atoms with E-state index in [0.717, 1.165) is 0 Å². The van der Waals surface area contributed by atoms with Crippen molar-refractivity contribution in [3.63, 3.8) is 0 Å². The summed E-state index contributed by atoms with van der Waals surface area (Å²) in [7, 11) is 0. The molecule has 1 saturated heterocycles. The van der Waals surface area contributed by atoms with E-state index in [4.69, 9.17) is 0 Å². The molecule has 3 radical (unpaired) electrons. The summed E-state index contributed by atoms with van der Waals surface area (Å²) in [6.45, 7) is 0. The normalized spacial score (nSPS) is 16.7. The Hall–Kier alpha value is -1.72. The average Bonchev–Trinajstić information content (AvgIpc) is 1.82. The Morgan fingerprint density at radius 1 is 0.818 bits per heavy atom. The first-order valence-electron chi connectivity index (χ1n) is 2.32. The smallest absolute Gasteiger partial charge is 0.277 e. The van der Waals surface area contributed by atoms with E-state index in [-0.39, 0.29) is 7.43 Å². The summed E-state index contributed by atoms with van der Waals surface area (Å²) >= 11 is 0. The van der Waals surface area contributed by atoms with Crippen molar-refractivity contribution < 1.29 is 19.2 Å². The lowest BCUT2D eigenvalue weighted by molar-refractivity contribution is -0.146. The maximum Gasteiger partial charge on any atom is 0.328 e. The molecule has 0 unspecified atom stereocenters. The summed E-state index contributed by atoms with van der Waals surface area (Å²) in [5.74, 6) is -3.62. The molecule has 1 fully saturated rings. The Bertz CT molecular complexity index is 223. The van der Waals surface area contributed by atoms with Gasteiger partial charge in [-0.3, -0.25) is 25.0 Å². The molecular formula is C5H3N2O4. The number of barbiturate groups is 1. The molecule has 0 aromatic rings. The maximum atomic E-state index is 10.3. The summed E-state index contributed by atoms with van der Waals surface area (Å²) in [5, 5.41) is 3.20. The topological polar surface area (TPSA) is 92.3 Å². The highest BCUT2D eigenvalue weighted by molar-refractivity contribution is 6.66. The lowest BCUT2D eigenvalue weighted by Gasteiger charge is -2.07. The first-order chi connectivity index (χ1) is 4.61. The van der Waals surface area contributed by atoms with Crippen LogP contribution in [0.4, 0.5) is 4.79 Å². The van der Waals surface area contributed by atoms with E-state index >= 15 is 0 Å². The van der Waals surface area contributed by atoms with Crippen LogP contribution in [0.15, 0.2) is 0 Å².